The van der Waals surface area contributed by atoms with Gasteiger partial charge in [0, 0.05) is 12.2 Å². The number of nitrogens with two attached hydrogens (primary N) is 1. The van der Waals surface area contributed by atoms with Gasteiger partial charge in [-0.25, -0.2) is 4.98 Å². The first-order valence-corrected chi connectivity index (χ1v) is 5.59. The second-order valence-electron chi connectivity index (χ2n) is 3.93. The lowest BCUT2D eigenvalue weighted by Crippen LogP contribution is -2.04. The molecule has 0 aliphatic heterocycles. The summed E-state index contributed by atoms with van der Waals surface area (Å²) in [6, 6.07) is 12.8. The van der Waals surface area contributed by atoms with Gasteiger partial charge in [0.15, 0.2) is 0 Å². The normalized spacial score (nSPS) is 11.6. The Hall–Kier alpha value is -2.38. The summed E-state index contributed by atoms with van der Waals surface area (Å²) >= 11 is 0. The highest BCUT2D eigenvalue weighted by molar-refractivity contribution is 5.41. The Bertz CT molecular complexity index is 588. The molecule has 2 N–H and O–H groups in total. The van der Waals surface area contributed by atoms with Gasteiger partial charge in [-0.1, -0.05) is 12.1 Å². The molecule has 90 valence electrons. The van der Waals surface area contributed by atoms with E-state index in [9.17, 15) is 0 Å². The maximum Gasteiger partial charge on any atom is 0.237 e. The van der Waals surface area contributed by atoms with Gasteiger partial charge in [0.1, 0.15) is 17.4 Å². The van der Waals surface area contributed by atoms with Crippen molar-refractivity contribution in [2.45, 2.75) is 13.0 Å². The van der Waals surface area contributed by atoms with Crippen LogP contribution in [0.5, 0.6) is 11.6 Å². The number of nitriles is 1. The summed E-state index contributed by atoms with van der Waals surface area (Å²) in [5.41, 5.74) is 7.19. The van der Waals surface area contributed by atoms with E-state index in [-0.39, 0.29) is 6.04 Å². The average molecular weight is 239 g/mol. The van der Waals surface area contributed by atoms with Crippen LogP contribution in [-0.4, -0.2) is 4.98 Å². The number of rotatable bonds is 3. The molecule has 1 aromatic heterocycles. The van der Waals surface area contributed by atoms with Gasteiger partial charge in [0.05, 0.1) is 0 Å². The minimum atomic E-state index is -0.0623. The first-order valence-electron chi connectivity index (χ1n) is 5.59. The molecule has 0 bridgehead atoms. The molecule has 4 nitrogen and oxygen atoms in total. The first kappa shape index (κ1) is 12.1. The van der Waals surface area contributed by atoms with Gasteiger partial charge in [-0.3, -0.25) is 0 Å². The summed E-state index contributed by atoms with van der Waals surface area (Å²) in [4.78, 5) is 4.04. The van der Waals surface area contributed by atoms with Gasteiger partial charge in [0.2, 0.25) is 5.88 Å². The van der Waals surface area contributed by atoms with Crippen molar-refractivity contribution in [1.82, 2.24) is 4.98 Å². The molecular weight excluding hydrogens is 226 g/mol. The van der Waals surface area contributed by atoms with Gasteiger partial charge < -0.3 is 10.5 Å². The smallest absolute Gasteiger partial charge is 0.237 e. The van der Waals surface area contributed by atoms with Crippen LogP contribution in [0.3, 0.4) is 0 Å². The highest BCUT2D eigenvalue weighted by Crippen LogP contribution is 2.24. The Morgan fingerprint density at radius 3 is 2.89 bits per heavy atom. The standard InChI is InChI=1S/C14H13N3O/c1-10(16)11-4-2-6-13(8-11)18-14-12(9-15)5-3-7-17-14/h2-8,10H,16H2,1H3/t10-/m1/s1. The zero-order valence-corrected chi connectivity index (χ0v) is 10.00. The van der Waals surface area contributed by atoms with Crippen LogP contribution in [0, 0.1) is 11.3 Å². The summed E-state index contributed by atoms with van der Waals surface area (Å²) in [6.07, 6.45) is 1.59. The Morgan fingerprint density at radius 1 is 1.33 bits per heavy atom. The van der Waals surface area contributed by atoms with Crippen LogP contribution >= 0.6 is 0 Å². The molecule has 18 heavy (non-hydrogen) atoms. The van der Waals surface area contributed by atoms with E-state index in [4.69, 9.17) is 15.7 Å². The largest absolute Gasteiger partial charge is 0.438 e. The fourth-order valence-corrected chi connectivity index (χ4v) is 1.53. The Morgan fingerprint density at radius 2 is 2.17 bits per heavy atom. The number of nitrogens with zero attached hydrogens (tertiary/aromatic N) is 2. The second-order valence-corrected chi connectivity index (χ2v) is 3.93. The minimum Gasteiger partial charge on any atom is -0.438 e. The van der Waals surface area contributed by atoms with Crippen molar-refractivity contribution in [2.24, 2.45) is 5.73 Å². The number of hydrogen-bond donors (Lipinski definition) is 1. The van der Waals surface area contributed by atoms with Gasteiger partial charge in [-0.2, -0.15) is 5.26 Å². The predicted molar refractivity (Wildman–Crippen MR) is 68.1 cm³/mol. The lowest BCUT2D eigenvalue weighted by Gasteiger charge is -2.09. The molecule has 0 aliphatic carbocycles. The highest BCUT2D eigenvalue weighted by Gasteiger charge is 2.06. The molecule has 1 aromatic carbocycles. The highest BCUT2D eigenvalue weighted by atomic mass is 16.5. The first-order chi connectivity index (χ1) is 8.70. The molecule has 4 heteroatoms. The SMILES string of the molecule is C[C@@H](N)c1cccc(Oc2ncccc2C#N)c1. The third-order valence-corrected chi connectivity index (χ3v) is 2.49. The van der Waals surface area contributed by atoms with Crippen LogP contribution in [0.4, 0.5) is 0 Å². The van der Waals surface area contributed by atoms with Gasteiger partial charge >= 0.3 is 0 Å². The molecule has 0 unspecified atom stereocenters. The fraction of sp³-hybridized carbons (Fsp3) is 0.143. The van der Waals surface area contributed by atoms with Crippen molar-refractivity contribution in [3.8, 4) is 17.7 Å². The van der Waals surface area contributed by atoms with E-state index in [0.29, 0.717) is 17.2 Å². The summed E-state index contributed by atoms with van der Waals surface area (Å²) in [6.45, 7) is 1.90. The third kappa shape index (κ3) is 2.65. The van der Waals surface area contributed by atoms with E-state index < -0.39 is 0 Å². The molecule has 0 aliphatic rings. The maximum absolute atomic E-state index is 8.95. The number of hydrogen-bond acceptors (Lipinski definition) is 4. The Labute approximate surface area is 106 Å². The van der Waals surface area contributed by atoms with Gasteiger partial charge in [-0.05, 0) is 36.8 Å². The summed E-state index contributed by atoms with van der Waals surface area (Å²) in [5.74, 6) is 0.932. The molecule has 0 saturated carbocycles. The summed E-state index contributed by atoms with van der Waals surface area (Å²) in [7, 11) is 0. The van der Waals surface area contributed by atoms with Crippen LogP contribution in [0.25, 0.3) is 0 Å². The lowest BCUT2D eigenvalue weighted by atomic mass is 10.1. The number of pyridine rings is 1. The molecule has 0 radical (unpaired) electrons. The van der Waals surface area contributed by atoms with Crippen LogP contribution in [-0.2, 0) is 0 Å². The molecule has 0 fully saturated rings. The summed E-state index contributed by atoms with van der Waals surface area (Å²) in [5, 5.41) is 8.95. The van der Waals surface area contributed by atoms with Crippen LogP contribution in [0.15, 0.2) is 42.6 Å². The molecule has 0 amide bonds. The zero-order valence-electron chi connectivity index (χ0n) is 10.00. The monoisotopic (exact) mass is 239 g/mol. The van der Waals surface area contributed by atoms with Crippen molar-refractivity contribution in [3.63, 3.8) is 0 Å². The van der Waals surface area contributed by atoms with Gasteiger partial charge in [-0.15, -0.1) is 0 Å². The van der Waals surface area contributed by atoms with Gasteiger partial charge in [0.25, 0.3) is 0 Å². The van der Waals surface area contributed by atoms with E-state index >= 15 is 0 Å². The molecule has 0 saturated heterocycles. The maximum atomic E-state index is 8.95. The predicted octanol–water partition coefficient (Wildman–Crippen LogP) is 2.77. The van der Waals surface area contributed by atoms with Crippen molar-refractivity contribution < 1.29 is 4.74 Å². The lowest BCUT2D eigenvalue weighted by molar-refractivity contribution is 0.460. The van der Waals surface area contributed by atoms with E-state index in [2.05, 4.69) is 4.98 Å². The van der Waals surface area contributed by atoms with Crippen molar-refractivity contribution >= 4 is 0 Å². The van der Waals surface area contributed by atoms with E-state index in [1.165, 1.54) is 0 Å². The number of ether oxygens (including phenoxy) is 1. The Kier molecular flexibility index (Phi) is 3.56. The second kappa shape index (κ2) is 5.30. The molecule has 2 rings (SSSR count). The number of benzene rings is 1. The molecule has 1 atom stereocenters. The van der Waals surface area contributed by atoms with Crippen molar-refractivity contribution in [1.29, 1.82) is 5.26 Å². The van der Waals surface area contributed by atoms with Crippen LogP contribution in [0.2, 0.25) is 0 Å². The third-order valence-electron chi connectivity index (χ3n) is 2.49. The van der Waals surface area contributed by atoms with E-state index in [1.807, 2.05) is 37.3 Å². The van der Waals surface area contributed by atoms with Crippen LogP contribution < -0.4 is 10.5 Å². The summed E-state index contributed by atoms with van der Waals surface area (Å²) < 4.78 is 5.60. The average Bonchev–Trinajstić information content (AvgIpc) is 2.39. The zero-order chi connectivity index (χ0) is 13.0. The van der Waals surface area contributed by atoms with Crippen molar-refractivity contribution in [2.75, 3.05) is 0 Å². The molecular formula is C14H13N3O. The molecule has 2 aromatic rings. The molecule has 1 heterocycles. The van der Waals surface area contributed by atoms with E-state index in [1.54, 1.807) is 18.3 Å². The van der Waals surface area contributed by atoms with Crippen LogP contribution in [0.1, 0.15) is 24.1 Å². The minimum absolute atomic E-state index is 0.0623. The number of aromatic nitrogens is 1. The van der Waals surface area contributed by atoms with E-state index in [0.717, 1.165) is 5.56 Å². The Balaban J connectivity index is 2.29. The van der Waals surface area contributed by atoms with Crippen molar-refractivity contribution in [3.05, 3.63) is 53.7 Å². The fourth-order valence-electron chi connectivity index (χ4n) is 1.53. The quantitative estimate of drug-likeness (QED) is 0.893. The topological polar surface area (TPSA) is 71.9 Å². The molecule has 0 spiro atoms.